The maximum atomic E-state index is 3.64. The van der Waals surface area contributed by atoms with Crippen LogP contribution in [-0.2, 0) is 0 Å². The Labute approximate surface area is 111 Å². The van der Waals surface area contributed by atoms with Crippen molar-refractivity contribution in [2.75, 3.05) is 5.32 Å². The third kappa shape index (κ3) is 2.28. The van der Waals surface area contributed by atoms with Crippen LogP contribution in [0.25, 0.3) is 0 Å². The van der Waals surface area contributed by atoms with Crippen molar-refractivity contribution in [3.05, 3.63) is 40.9 Å². The van der Waals surface area contributed by atoms with Crippen molar-refractivity contribution >= 4 is 21.6 Å². The predicted octanol–water partition coefficient (Wildman–Crippen LogP) is 4.46. The minimum atomic E-state index is 0.566. The molecule has 17 heavy (non-hydrogen) atoms. The molecule has 0 aromatic heterocycles. The topological polar surface area (TPSA) is 12.0 Å². The summed E-state index contributed by atoms with van der Waals surface area (Å²) >= 11 is 3.47. The van der Waals surface area contributed by atoms with E-state index in [0.717, 1.165) is 22.2 Å². The van der Waals surface area contributed by atoms with E-state index in [2.05, 4.69) is 64.6 Å². The van der Waals surface area contributed by atoms with Gasteiger partial charge in [0.25, 0.3) is 0 Å². The van der Waals surface area contributed by atoms with Crippen LogP contribution in [0.4, 0.5) is 5.69 Å². The number of nitrogens with one attached hydrogen (secondary N) is 1. The molecule has 2 aliphatic carbocycles. The average molecular weight is 292 g/mol. The van der Waals surface area contributed by atoms with Gasteiger partial charge in [-0.05, 0) is 61.8 Å². The fourth-order valence-electron chi connectivity index (χ4n) is 3.31. The lowest BCUT2D eigenvalue weighted by atomic mass is 9.87. The van der Waals surface area contributed by atoms with Gasteiger partial charge in [-0.1, -0.05) is 28.1 Å². The lowest BCUT2D eigenvalue weighted by Crippen LogP contribution is -2.28. The van der Waals surface area contributed by atoms with E-state index < -0.39 is 0 Å². The maximum absolute atomic E-state index is 3.64. The number of hydrogen-bond acceptors (Lipinski definition) is 1. The SMILES string of the molecule is CC(Nc1ccc(Br)cc1)C1CC2C=CC1C2. The lowest BCUT2D eigenvalue weighted by Gasteiger charge is -2.27. The Morgan fingerprint density at radius 3 is 2.53 bits per heavy atom. The number of benzene rings is 1. The quantitative estimate of drug-likeness (QED) is 0.811. The molecule has 1 aromatic rings. The molecule has 2 heteroatoms. The third-order valence-electron chi connectivity index (χ3n) is 4.21. The molecule has 3 rings (SSSR count). The highest BCUT2D eigenvalue weighted by atomic mass is 79.9. The zero-order chi connectivity index (χ0) is 11.8. The predicted molar refractivity (Wildman–Crippen MR) is 76.1 cm³/mol. The van der Waals surface area contributed by atoms with Gasteiger partial charge in [0, 0.05) is 16.2 Å². The van der Waals surface area contributed by atoms with E-state index in [1.54, 1.807) is 0 Å². The zero-order valence-electron chi connectivity index (χ0n) is 10.1. The van der Waals surface area contributed by atoms with Crippen molar-refractivity contribution in [2.24, 2.45) is 17.8 Å². The summed E-state index contributed by atoms with van der Waals surface area (Å²) < 4.78 is 1.14. The fourth-order valence-corrected chi connectivity index (χ4v) is 3.58. The van der Waals surface area contributed by atoms with Gasteiger partial charge >= 0.3 is 0 Å². The third-order valence-corrected chi connectivity index (χ3v) is 4.74. The Morgan fingerprint density at radius 1 is 1.18 bits per heavy atom. The number of hydrogen-bond donors (Lipinski definition) is 1. The van der Waals surface area contributed by atoms with E-state index >= 15 is 0 Å². The Bertz CT molecular complexity index is 423. The molecular formula is C15H18BrN. The van der Waals surface area contributed by atoms with Gasteiger partial charge in [0.2, 0.25) is 0 Å². The second kappa shape index (κ2) is 4.49. The molecule has 0 saturated heterocycles. The molecule has 0 spiro atoms. The first-order valence-electron chi connectivity index (χ1n) is 6.43. The zero-order valence-corrected chi connectivity index (χ0v) is 11.7. The summed E-state index contributed by atoms with van der Waals surface area (Å²) in [5, 5.41) is 3.64. The first-order chi connectivity index (χ1) is 8.22. The summed E-state index contributed by atoms with van der Waals surface area (Å²) in [6, 6.07) is 9.04. The van der Waals surface area contributed by atoms with Crippen LogP contribution < -0.4 is 5.32 Å². The molecule has 0 heterocycles. The molecule has 2 aliphatic rings. The Morgan fingerprint density at radius 2 is 1.94 bits per heavy atom. The van der Waals surface area contributed by atoms with Crippen LogP contribution in [-0.4, -0.2) is 6.04 Å². The van der Waals surface area contributed by atoms with Gasteiger partial charge in [-0.15, -0.1) is 0 Å². The molecule has 1 N–H and O–H groups in total. The maximum Gasteiger partial charge on any atom is 0.0343 e. The summed E-state index contributed by atoms with van der Waals surface area (Å²) in [6.45, 7) is 2.32. The van der Waals surface area contributed by atoms with Gasteiger partial charge in [-0.2, -0.15) is 0 Å². The highest BCUT2D eigenvalue weighted by Gasteiger charge is 2.38. The summed E-state index contributed by atoms with van der Waals surface area (Å²) in [4.78, 5) is 0. The fraction of sp³-hybridized carbons (Fsp3) is 0.467. The monoisotopic (exact) mass is 291 g/mol. The number of anilines is 1. The van der Waals surface area contributed by atoms with Crippen LogP contribution in [0.1, 0.15) is 19.8 Å². The first-order valence-corrected chi connectivity index (χ1v) is 7.22. The van der Waals surface area contributed by atoms with E-state index in [0.29, 0.717) is 6.04 Å². The summed E-state index contributed by atoms with van der Waals surface area (Å²) in [5.41, 5.74) is 1.23. The second-order valence-corrected chi connectivity index (χ2v) is 6.30. The van der Waals surface area contributed by atoms with Crippen LogP contribution in [0, 0.1) is 17.8 Å². The van der Waals surface area contributed by atoms with E-state index in [1.807, 2.05) is 0 Å². The van der Waals surface area contributed by atoms with Gasteiger partial charge < -0.3 is 5.32 Å². The largest absolute Gasteiger partial charge is 0.382 e. The van der Waals surface area contributed by atoms with Crippen molar-refractivity contribution in [1.29, 1.82) is 0 Å². The molecule has 4 atom stereocenters. The molecule has 90 valence electrons. The number of fused-ring (bicyclic) bond motifs is 2. The molecule has 1 nitrogen and oxygen atoms in total. The minimum absolute atomic E-state index is 0.566. The van der Waals surface area contributed by atoms with E-state index in [4.69, 9.17) is 0 Å². The van der Waals surface area contributed by atoms with Gasteiger partial charge in [0.15, 0.2) is 0 Å². The van der Waals surface area contributed by atoms with Crippen LogP contribution in [0.15, 0.2) is 40.9 Å². The Kier molecular flexibility index (Phi) is 2.99. The molecule has 1 aromatic carbocycles. The van der Waals surface area contributed by atoms with E-state index in [-0.39, 0.29) is 0 Å². The normalized spacial score (nSPS) is 31.8. The summed E-state index contributed by atoms with van der Waals surface area (Å²) in [6.07, 6.45) is 7.59. The van der Waals surface area contributed by atoms with Crippen molar-refractivity contribution in [1.82, 2.24) is 0 Å². The lowest BCUT2D eigenvalue weighted by molar-refractivity contribution is 0.400. The minimum Gasteiger partial charge on any atom is -0.382 e. The van der Waals surface area contributed by atoms with Gasteiger partial charge in [0.1, 0.15) is 0 Å². The smallest absolute Gasteiger partial charge is 0.0343 e. The van der Waals surface area contributed by atoms with Gasteiger partial charge in [-0.3, -0.25) is 0 Å². The molecular weight excluding hydrogens is 274 g/mol. The second-order valence-electron chi connectivity index (χ2n) is 5.38. The molecule has 0 aliphatic heterocycles. The summed E-state index contributed by atoms with van der Waals surface area (Å²) in [5.74, 6) is 2.49. The van der Waals surface area contributed by atoms with Crippen LogP contribution in [0.2, 0.25) is 0 Å². The molecule has 0 amide bonds. The van der Waals surface area contributed by atoms with Crippen LogP contribution >= 0.6 is 15.9 Å². The number of rotatable bonds is 3. The molecule has 2 bridgehead atoms. The van der Waals surface area contributed by atoms with Gasteiger partial charge in [-0.25, -0.2) is 0 Å². The average Bonchev–Trinajstić information content (AvgIpc) is 2.94. The van der Waals surface area contributed by atoms with E-state index in [9.17, 15) is 0 Å². The van der Waals surface area contributed by atoms with Crippen molar-refractivity contribution in [2.45, 2.75) is 25.8 Å². The molecule has 1 fully saturated rings. The molecule has 4 unspecified atom stereocenters. The van der Waals surface area contributed by atoms with Crippen LogP contribution in [0.3, 0.4) is 0 Å². The van der Waals surface area contributed by atoms with Crippen molar-refractivity contribution in [3.8, 4) is 0 Å². The molecule has 1 saturated carbocycles. The molecule has 0 radical (unpaired) electrons. The highest BCUT2D eigenvalue weighted by molar-refractivity contribution is 9.10. The van der Waals surface area contributed by atoms with Crippen molar-refractivity contribution in [3.63, 3.8) is 0 Å². The standard InChI is InChI=1S/C15H18BrN/c1-10(15-9-11-2-3-12(15)8-11)17-14-6-4-13(16)5-7-14/h2-7,10-12,15,17H,8-9H2,1H3. The van der Waals surface area contributed by atoms with Gasteiger partial charge in [0.05, 0.1) is 0 Å². The summed E-state index contributed by atoms with van der Waals surface area (Å²) in [7, 11) is 0. The highest BCUT2D eigenvalue weighted by Crippen LogP contribution is 2.45. The van der Waals surface area contributed by atoms with Crippen LogP contribution in [0.5, 0.6) is 0 Å². The van der Waals surface area contributed by atoms with Crippen molar-refractivity contribution < 1.29 is 0 Å². The first kappa shape index (κ1) is 11.3. The number of allylic oxidation sites excluding steroid dienone is 2. The number of halogens is 1. The Balaban J connectivity index is 1.65. The Hall–Kier alpha value is -0.760. The van der Waals surface area contributed by atoms with E-state index in [1.165, 1.54) is 18.5 Å².